The van der Waals surface area contributed by atoms with E-state index in [1.165, 1.54) is 6.20 Å². The molecule has 8 heteroatoms. The highest BCUT2D eigenvalue weighted by Gasteiger charge is 2.51. The van der Waals surface area contributed by atoms with E-state index in [0.29, 0.717) is 57.2 Å². The first-order valence-corrected chi connectivity index (χ1v) is 11.5. The Balaban J connectivity index is 1.48. The summed E-state index contributed by atoms with van der Waals surface area (Å²) in [5.41, 5.74) is 0.597. The van der Waals surface area contributed by atoms with Crippen LogP contribution in [0, 0.1) is 17.7 Å². The molecular weight excluding hydrogens is 399 g/mol. The van der Waals surface area contributed by atoms with Gasteiger partial charge in [0.25, 0.3) is 0 Å². The number of carbonyl (C=O) groups excluding carboxylic acids is 2. The molecular formula is C23H33FN4O3. The van der Waals surface area contributed by atoms with Crippen molar-refractivity contribution in [1.29, 1.82) is 0 Å². The van der Waals surface area contributed by atoms with Crippen LogP contribution in [-0.2, 0) is 20.9 Å². The monoisotopic (exact) mass is 432 g/mol. The lowest BCUT2D eigenvalue weighted by molar-refractivity contribution is -0.133. The summed E-state index contributed by atoms with van der Waals surface area (Å²) in [6, 6.07) is 2.11. The van der Waals surface area contributed by atoms with Crippen molar-refractivity contribution < 1.29 is 18.7 Å². The van der Waals surface area contributed by atoms with Crippen molar-refractivity contribution in [1.82, 2.24) is 20.1 Å². The molecule has 2 aliphatic heterocycles. The molecule has 1 N–H and O–H groups in total. The van der Waals surface area contributed by atoms with Gasteiger partial charge in [-0.15, -0.1) is 0 Å². The number of likely N-dealkylation sites (tertiary alicyclic amines) is 1. The zero-order valence-corrected chi connectivity index (χ0v) is 18.4. The van der Waals surface area contributed by atoms with E-state index in [9.17, 15) is 14.0 Å². The number of fused-ring (bicyclic) bond motifs is 1. The van der Waals surface area contributed by atoms with Crippen molar-refractivity contribution in [2.75, 3.05) is 26.2 Å². The SMILES string of the molecule is CCN(CC)C(=O)C[C@@H]1OC[C@@H]2[C@H]1[C@H](CC(=O)NC1CC1)CN2Cc1ccncc1F. The minimum Gasteiger partial charge on any atom is -0.376 e. The van der Waals surface area contributed by atoms with Gasteiger partial charge in [-0.1, -0.05) is 0 Å². The van der Waals surface area contributed by atoms with Gasteiger partial charge in [0.15, 0.2) is 0 Å². The van der Waals surface area contributed by atoms with Crippen molar-refractivity contribution >= 4 is 11.8 Å². The zero-order chi connectivity index (χ0) is 22.0. The standard InChI is InChI=1S/C23H33FN4O3/c1-3-27(4-2)22(30)10-20-23-16(9-21(29)26-17-5-6-17)13-28(19(23)14-31-20)12-15-7-8-25-11-18(15)24/h7-8,11,16-17,19-20,23H,3-6,9-10,12-14H2,1-2H3,(H,26,29)/t16-,19-,20+,23-/m1/s1. The Morgan fingerprint density at radius 2 is 2.06 bits per heavy atom. The molecule has 0 spiro atoms. The Morgan fingerprint density at radius 3 is 2.74 bits per heavy atom. The predicted molar refractivity (Wildman–Crippen MR) is 113 cm³/mol. The molecule has 1 aromatic rings. The van der Waals surface area contributed by atoms with Crippen molar-refractivity contribution in [2.24, 2.45) is 11.8 Å². The number of ether oxygens (including phenoxy) is 1. The second-order valence-corrected chi connectivity index (χ2v) is 8.99. The van der Waals surface area contributed by atoms with Crippen LogP contribution in [0.4, 0.5) is 4.39 Å². The van der Waals surface area contributed by atoms with Gasteiger partial charge < -0.3 is 15.0 Å². The number of nitrogens with zero attached hydrogens (tertiary/aromatic N) is 3. The molecule has 2 amide bonds. The minimum absolute atomic E-state index is 0.0731. The fraction of sp³-hybridized carbons (Fsp3) is 0.696. The van der Waals surface area contributed by atoms with E-state index < -0.39 is 0 Å². The Bertz CT molecular complexity index is 799. The number of aromatic nitrogens is 1. The zero-order valence-electron chi connectivity index (χ0n) is 18.4. The lowest BCUT2D eigenvalue weighted by atomic mass is 9.84. The largest absolute Gasteiger partial charge is 0.376 e. The maximum atomic E-state index is 14.2. The van der Waals surface area contributed by atoms with Crippen LogP contribution in [0.3, 0.4) is 0 Å². The van der Waals surface area contributed by atoms with Gasteiger partial charge in [0.1, 0.15) is 5.82 Å². The van der Waals surface area contributed by atoms with E-state index >= 15 is 0 Å². The third kappa shape index (κ3) is 5.06. The Kier molecular flexibility index (Phi) is 6.86. The van der Waals surface area contributed by atoms with Gasteiger partial charge in [-0.25, -0.2) is 4.39 Å². The van der Waals surface area contributed by atoms with Crippen molar-refractivity contribution in [2.45, 2.75) is 64.3 Å². The van der Waals surface area contributed by atoms with Gasteiger partial charge in [0.2, 0.25) is 11.8 Å². The van der Waals surface area contributed by atoms with E-state index in [-0.39, 0.29) is 41.6 Å². The predicted octanol–water partition coefficient (Wildman–Crippen LogP) is 1.96. The van der Waals surface area contributed by atoms with Gasteiger partial charge >= 0.3 is 0 Å². The highest BCUT2D eigenvalue weighted by atomic mass is 19.1. The Morgan fingerprint density at radius 1 is 1.29 bits per heavy atom. The summed E-state index contributed by atoms with van der Waals surface area (Å²) in [4.78, 5) is 33.2. The number of halogens is 1. The lowest BCUT2D eigenvalue weighted by Gasteiger charge is -2.26. The van der Waals surface area contributed by atoms with Gasteiger partial charge in [-0.2, -0.15) is 0 Å². The number of hydrogen-bond donors (Lipinski definition) is 1. The number of rotatable bonds is 9. The summed E-state index contributed by atoms with van der Waals surface area (Å²) >= 11 is 0. The highest BCUT2D eigenvalue weighted by molar-refractivity contribution is 5.77. The molecule has 3 heterocycles. The molecule has 31 heavy (non-hydrogen) atoms. The van der Waals surface area contributed by atoms with E-state index in [2.05, 4.69) is 15.2 Å². The molecule has 4 rings (SSSR count). The van der Waals surface area contributed by atoms with E-state index in [1.54, 1.807) is 12.3 Å². The van der Waals surface area contributed by atoms with E-state index in [0.717, 1.165) is 12.8 Å². The number of pyridine rings is 1. The molecule has 7 nitrogen and oxygen atoms in total. The average Bonchev–Trinajstić information content (AvgIpc) is 3.36. The van der Waals surface area contributed by atoms with Crippen LogP contribution in [0.5, 0.6) is 0 Å². The first-order chi connectivity index (χ1) is 15.0. The average molecular weight is 433 g/mol. The first-order valence-electron chi connectivity index (χ1n) is 11.5. The lowest BCUT2D eigenvalue weighted by Crippen LogP contribution is -2.37. The molecule has 1 aromatic heterocycles. The van der Waals surface area contributed by atoms with Crippen LogP contribution in [0.25, 0.3) is 0 Å². The fourth-order valence-corrected chi connectivity index (χ4v) is 5.18. The summed E-state index contributed by atoms with van der Waals surface area (Å²) in [5.74, 6) is 0.0283. The van der Waals surface area contributed by atoms with Gasteiger partial charge in [-0.05, 0) is 38.7 Å². The number of hydrogen-bond acceptors (Lipinski definition) is 5. The summed E-state index contributed by atoms with van der Waals surface area (Å²) in [6.07, 6.45) is 5.50. The van der Waals surface area contributed by atoms with Gasteiger partial charge in [-0.3, -0.25) is 19.5 Å². The summed E-state index contributed by atoms with van der Waals surface area (Å²) in [5, 5.41) is 3.08. The van der Waals surface area contributed by atoms with Crippen LogP contribution in [0.2, 0.25) is 0 Å². The topological polar surface area (TPSA) is 74.8 Å². The van der Waals surface area contributed by atoms with Crippen LogP contribution in [0.15, 0.2) is 18.5 Å². The smallest absolute Gasteiger partial charge is 0.225 e. The highest BCUT2D eigenvalue weighted by Crippen LogP contribution is 2.42. The van der Waals surface area contributed by atoms with Gasteiger partial charge in [0.05, 0.1) is 25.3 Å². The minimum atomic E-state index is -0.318. The molecule has 3 fully saturated rings. The molecule has 0 bridgehead atoms. The molecule has 170 valence electrons. The third-order valence-electron chi connectivity index (χ3n) is 6.95. The molecule has 3 aliphatic rings. The Labute approximate surface area is 183 Å². The van der Waals surface area contributed by atoms with Crippen molar-refractivity contribution in [3.8, 4) is 0 Å². The third-order valence-corrected chi connectivity index (χ3v) is 6.95. The Hall–Kier alpha value is -2.06. The molecule has 2 saturated heterocycles. The molecule has 0 unspecified atom stereocenters. The van der Waals surface area contributed by atoms with Crippen molar-refractivity contribution in [3.05, 3.63) is 29.8 Å². The second-order valence-electron chi connectivity index (χ2n) is 8.99. The molecule has 1 aliphatic carbocycles. The van der Waals surface area contributed by atoms with Crippen LogP contribution >= 0.6 is 0 Å². The van der Waals surface area contributed by atoms with E-state index in [1.807, 2.05) is 18.7 Å². The van der Waals surface area contributed by atoms with Crippen LogP contribution in [-0.4, -0.2) is 71.0 Å². The first kappa shape index (κ1) is 22.1. The quantitative estimate of drug-likeness (QED) is 0.646. The van der Waals surface area contributed by atoms with E-state index in [4.69, 9.17) is 4.74 Å². The molecule has 1 saturated carbocycles. The number of carbonyl (C=O) groups is 2. The molecule has 4 atom stereocenters. The van der Waals surface area contributed by atoms with Crippen LogP contribution < -0.4 is 5.32 Å². The van der Waals surface area contributed by atoms with Gasteiger partial charge in [0, 0.05) is 62.4 Å². The van der Waals surface area contributed by atoms with Crippen LogP contribution in [0.1, 0.15) is 45.1 Å². The second kappa shape index (κ2) is 9.61. The fourth-order valence-electron chi connectivity index (χ4n) is 5.18. The van der Waals surface area contributed by atoms with Crippen molar-refractivity contribution in [3.63, 3.8) is 0 Å². The summed E-state index contributed by atoms with van der Waals surface area (Å²) in [7, 11) is 0. The number of nitrogens with one attached hydrogen (secondary N) is 1. The molecule has 0 aromatic carbocycles. The summed E-state index contributed by atoms with van der Waals surface area (Å²) in [6.45, 7) is 6.98. The molecule has 0 radical (unpaired) electrons. The number of amides is 2. The summed E-state index contributed by atoms with van der Waals surface area (Å²) < 4.78 is 20.3. The maximum Gasteiger partial charge on any atom is 0.225 e. The maximum absolute atomic E-state index is 14.2. The normalized spacial score (nSPS) is 27.8.